The van der Waals surface area contributed by atoms with E-state index < -0.39 is 6.16 Å². The van der Waals surface area contributed by atoms with E-state index in [9.17, 15) is 4.79 Å². The molecule has 3 aromatic carbocycles. The van der Waals surface area contributed by atoms with Crippen molar-refractivity contribution in [3.05, 3.63) is 73.3 Å². The molecular formula is C27H23N3O3. The maximum absolute atomic E-state index is 11.0. The number of ether oxygens (including phenoxy) is 1. The third kappa shape index (κ3) is 3.35. The van der Waals surface area contributed by atoms with Crippen LogP contribution in [0.25, 0.3) is 44.2 Å². The van der Waals surface area contributed by atoms with Crippen LogP contribution < -0.4 is 4.74 Å². The lowest BCUT2D eigenvalue weighted by atomic mass is 10.1. The summed E-state index contributed by atoms with van der Waals surface area (Å²) in [4.78, 5) is 15.9. The summed E-state index contributed by atoms with van der Waals surface area (Å²) < 4.78 is 9.41. The van der Waals surface area contributed by atoms with Crippen LogP contribution in [0, 0.1) is 5.92 Å². The zero-order valence-corrected chi connectivity index (χ0v) is 18.1. The molecule has 1 saturated carbocycles. The van der Waals surface area contributed by atoms with Crippen molar-refractivity contribution in [1.29, 1.82) is 0 Å². The third-order valence-corrected chi connectivity index (χ3v) is 6.40. The van der Waals surface area contributed by atoms with Gasteiger partial charge in [0.2, 0.25) is 0 Å². The van der Waals surface area contributed by atoms with Crippen LogP contribution in [0.3, 0.4) is 0 Å². The molecule has 6 heteroatoms. The summed E-state index contributed by atoms with van der Waals surface area (Å²) in [6.07, 6.45) is 3.06. The molecule has 1 aliphatic rings. The van der Waals surface area contributed by atoms with Crippen molar-refractivity contribution in [2.24, 2.45) is 5.92 Å². The van der Waals surface area contributed by atoms with Crippen LogP contribution >= 0.6 is 0 Å². The molecule has 5 aromatic rings. The molecule has 2 heterocycles. The van der Waals surface area contributed by atoms with Crippen molar-refractivity contribution < 1.29 is 14.6 Å². The van der Waals surface area contributed by atoms with Crippen LogP contribution in [0.2, 0.25) is 0 Å². The smallest absolute Gasteiger partial charge is 0.449 e. The van der Waals surface area contributed by atoms with Gasteiger partial charge in [-0.15, -0.1) is 6.58 Å². The highest BCUT2D eigenvalue weighted by molar-refractivity contribution is 6.09. The number of carboxylic acid groups (broad SMARTS) is 1. The molecule has 1 N–H and O–H groups in total. The first kappa shape index (κ1) is 19.6. The molecule has 6 rings (SSSR count). The van der Waals surface area contributed by atoms with Crippen LogP contribution in [0.4, 0.5) is 4.79 Å². The Kier molecular flexibility index (Phi) is 4.47. The highest BCUT2D eigenvalue weighted by Crippen LogP contribution is 2.37. The Bertz CT molecular complexity index is 1560. The van der Waals surface area contributed by atoms with Crippen LogP contribution in [0.15, 0.2) is 73.3 Å². The van der Waals surface area contributed by atoms with Crippen molar-refractivity contribution in [2.75, 3.05) is 0 Å². The zero-order valence-electron chi connectivity index (χ0n) is 18.1. The summed E-state index contributed by atoms with van der Waals surface area (Å²) in [5, 5.41) is 11.4. The fourth-order valence-electron chi connectivity index (χ4n) is 4.76. The van der Waals surface area contributed by atoms with E-state index in [0.29, 0.717) is 5.92 Å². The minimum atomic E-state index is -1.33. The first-order valence-electron chi connectivity index (χ1n) is 11.2. The number of allylic oxidation sites excluding steroid dienone is 1. The minimum Gasteiger partial charge on any atom is -0.449 e. The molecule has 0 aliphatic heterocycles. The lowest BCUT2D eigenvalue weighted by Crippen LogP contribution is -2.03. The van der Waals surface area contributed by atoms with Gasteiger partial charge in [0.25, 0.3) is 0 Å². The predicted octanol–water partition coefficient (Wildman–Crippen LogP) is 6.46. The Balaban J connectivity index is 1.55. The molecule has 0 radical (unpaired) electrons. The number of benzene rings is 3. The van der Waals surface area contributed by atoms with Crippen molar-refractivity contribution in [2.45, 2.75) is 25.9 Å². The van der Waals surface area contributed by atoms with E-state index in [2.05, 4.69) is 58.2 Å². The zero-order chi connectivity index (χ0) is 22.5. The second kappa shape index (κ2) is 7.52. The number of rotatable bonds is 6. The molecule has 0 bridgehead atoms. The van der Waals surface area contributed by atoms with Gasteiger partial charge in [0, 0.05) is 46.5 Å². The fourth-order valence-corrected chi connectivity index (χ4v) is 4.76. The van der Waals surface area contributed by atoms with Crippen molar-refractivity contribution in [3.63, 3.8) is 0 Å². The molecule has 6 nitrogen and oxygen atoms in total. The minimum absolute atomic E-state index is 0.278. The molecule has 0 unspecified atom stereocenters. The van der Waals surface area contributed by atoms with Gasteiger partial charge in [0.05, 0.1) is 11.0 Å². The molecule has 1 aliphatic carbocycles. The third-order valence-electron chi connectivity index (χ3n) is 6.40. The number of hydrogen-bond donors (Lipinski definition) is 1. The summed E-state index contributed by atoms with van der Waals surface area (Å²) in [5.74, 6) is 1.83. The van der Waals surface area contributed by atoms with Crippen molar-refractivity contribution in [1.82, 2.24) is 14.1 Å². The maximum atomic E-state index is 11.0. The summed E-state index contributed by atoms with van der Waals surface area (Å²) in [5.41, 5.74) is 5.12. The van der Waals surface area contributed by atoms with E-state index in [0.717, 1.165) is 35.5 Å². The molecule has 33 heavy (non-hydrogen) atoms. The monoisotopic (exact) mass is 437 g/mol. The van der Waals surface area contributed by atoms with Gasteiger partial charge in [-0.2, -0.15) is 0 Å². The Morgan fingerprint density at radius 2 is 1.82 bits per heavy atom. The molecule has 164 valence electrons. The van der Waals surface area contributed by atoms with Crippen LogP contribution in [-0.2, 0) is 13.1 Å². The molecule has 0 amide bonds. The van der Waals surface area contributed by atoms with Gasteiger partial charge in [-0.1, -0.05) is 24.3 Å². The highest BCUT2D eigenvalue weighted by Gasteiger charge is 2.25. The highest BCUT2D eigenvalue weighted by atomic mass is 16.7. The largest absolute Gasteiger partial charge is 0.511 e. The molecular weight excluding hydrogens is 414 g/mol. The molecule has 0 atom stereocenters. The number of imidazole rings is 1. The van der Waals surface area contributed by atoms with E-state index in [4.69, 9.17) is 14.8 Å². The van der Waals surface area contributed by atoms with Gasteiger partial charge in [-0.25, -0.2) is 9.78 Å². The van der Waals surface area contributed by atoms with Gasteiger partial charge < -0.3 is 19.0 Å². The summed E-state index contributed by atoms with van der Waals surface area (Å²) >= 11 is 0. The standard InChI is InChI=1S/C27H23N3O3/c1-2-13-29-23-6-4-3-5-20(23)21-14-18(9-11-24(21)29)26-28-22-15-19(33-27(31)32)10-12-25(22)30(26)16-17-7-8-17/h2-6,9-12,14-15,17H,1,7-8,13,16H2,(H,31,32). The Hall–Kier alpha value is -4.06. The maximum Gasteiger partial charge on any atom is 0.511 e. The molecule has 2 aromatic heterocycles. The van der Waals surface area contributed by atoms with E-state index in [1.807, 2.05) is 12.1 Å². The number of fused-ring (bicyclic) bond motifs is 4. The van der Waals surface area contributed by atoms with Crippen LogP contribution in [-0.4, -0.2) is 25.4 Å². The molecule has 0 spiro atoms. The predicted molar refractivity (Wildman–Crippen MR) is 130 cm³/mol. The van der Waals surface area contributed by atoms with E-state index in [-0.39, 0.29) is 5.75 Å². The van der Waals surface area contributed by atoms with Gasteiger partial charge in [0.1, 0.15) is 11.6 Å². The first-order valence-corrected chi connectivity index (χ1v) is 11.2. The van der Waals surface area contributed by atoms with Gasteiger partial charge in [-0.05, 0) is 55.2 Å². The van der Waals surface area contributed by atoms with E-state index >= 15 is 0 Å². The number of para-hydroxylation sites is 1. The number of nitrogens with zero attached hydrogens (tertiary/aromatic N) is 3. The lowest BCUT2D eigenvalue weighted by Gasteiger charge is -2.09. The topological polar surface area (TPSA) is 69.3 Å². The average Bonchev–Trinajstić information content (AvgIpc) is 3.49. The summed E-state index contributed by atoms with van der Waals surface area (Å²) in [6, 6.07) is 20.2. The van der Waals surface area contributed by atoms with Gasteiger partial charge >= 0.3 is 6.16 Å². The normalized spacial score (nSPS) is 13.7. The van der Waals surface area contributed by atoms with E-state index in [1.165, 1.54) is 34.6 Å². The first-order chi connectivity index (χ1) is 16.1. The summed E-state index contributed by atoms with van der Waals surface area (Å²) in [7, 11) is 0. The van der Waals surface area contributed by atoms with Crippen molar-refractivity contribution >= 4 is 39.0 Å². The quantitative estimate of drug-likeness (QED) is 0.188. The van der Waals surface area contributed by atoms with Gasteiger partial charge in [0.15, 0.2) is 0 Å². The number of aromatic nitrogens is 3. The lowest BCUT2D eigenvalue weighted by molar-refractivity contribution is 0.144. The number of carbonyl (C=O) groups is 1. The van der Waals surface area contributed by atoms with Crippen molar-refractivity contribution in [3.8, 4) is 17.1 Å². The second-order valence-corrected chi connectivity index (χ2v) is 8.66. The van der Waals surface area contributed by atoms with E-state index in [1.54, 1.807) is 12.1 Å². The average molecular weight is 437 g/mol. The summed E-state index contributed by atoms with van der Waals surface area (Å²) in [6.45, 7) is 5.58. The fraction of sp³-hybridized carbons (Fsp3) is 0.185. The molecule has 0 saturated heterocycles. The Morgan fingerprint density at radius 1 is 1.03 bits per heavy atom. The van der Waals surface area contributed by atoms with Crippen LogP contribution in [0.5, 0.6) is 5.75 Å². The van der Waals surface area contributed by atoms with Crippen LogP contribution in [0.1, 0.15) is 12.8 Å². The Labute approximate surface area is 190 Å². The molecule has 1 fully saturated rings. The second-order valence-electron chi connectivity index (χ2n) is 8.66. The number of hydrogen-bond acceptors (Lipinski definition) is 3. The Morgan fingerprint density at radius 3 is 2.61 bits per heavy atom. The SMILES string of the molecule is C=CCn1c2ccccc2c2cc(-c3nc4cc(OC(=O)O)ccc4n3CC3CC3)ccc21. The van der Waals surface area contributed by atoms with Gasteiger partial charge in [-0.3, -0.25) is 0 Å².